The minimum Gasteiger partial charge on any atom is -0.494 e. The lowest BCUT2D eigenvalue weighted by molar-refractivity contribution is -0.139. The van der Waals surface area contributed by atoms with Crippen LogP contribution in [0.15, 0.2) is 63.5 Å². The van der Waals surface area contributed by atoms with Crippen LogP contribution in [0, 0.1) is 0 Å². The van der Waals surface area contributed by atoms with Crippen LogP contribution in [0.4, 0.5) is 0 Å². The Morgan fingerprint density at radius 1 is 1.10 bits per heavy atom. The zero-order valence-corrected chi connectivity index (χ0v) is 23.3. The number of carbonyl (C=O) groups is 2. The Balaban J connectivity index is 1.86. The van der Waals surface area contributed by atoms with Gasteiger partial charge in [-0.2, -0.15) is 0 Å². The summed E-state index contributed by atoms with van der Waals surface area (Å²) in [7, 11) is 1.45. The fourth-order valence-electron chi connectivity index (χ4n) is 4.23. The van der Waals surface area contributed by atoms with Crippen molar-refractivity contribution in [2.24, 2.45) is 4.99 Å². The SMILES string of the molecule is CCCOc1ccc(/C=c2/sc3n(c2=O)C(c2ccc(OC(C)=O)c(OC)c2)C(C(=O)OCC)=C(C)N=3)cc1. The first-order valence-electron chi connectivity index (χ1n) is 12.6. The van der Waals surface area contributed by atoms with Gasteiger partial charge in [0.2, 0.25) is 0 Å². The normalized spacial score (nSPS) is 14.9. The third kappa shape index (κ3) is 5.96. The molecule has 9 nitrogen and oxygen atoms in total. The first-order chi connectivity index (χ1) is 18.8. The van der Waals surface area contributed by atoms with E-state index in [0.717, 1.165) is 17.7 Å². The molecule has 39 heavy (non-hydrogen) atoms. The Hall–Kier alpha value is -4.18. The highest BCUT2D eigenvalue weighted by atomic mass is 32.1. The molecule has 2 aromatic carbocycles. The van der Waals surface area contributed by atoms with Gasteiger partial charge in [-0.1, -0.05) is 36.5 Å². The topological polar surface area (TPSA) is 105 Å². The van der Waals surface area contributed by atoms with Crippen LogP contribution in [-0.2, 0) is 14.3 Å². The Labute approximate surface area is 229 Å². The molecule has 204 valence electrons. The predicted octanol–water partition coefficient (Wildman–Crippen LogP) is 3.52. The maximum atomic E-state index is 13.8. The van der Waals surface area contributed by atoms with E-state index in [-0.39, 0.29) is 29.2 Å². The number of thiazole rings is 1. The van der Waals surface area contributed by atoms with Crippen molar-refractivity contribution in [3.63, 3.8) is 0 Å². The summed E-state index contributed by atoms with van der Waals surface area (Å²) in [6.45, 7) is 7.57. The van der Waals surface area contributed by atoms with Gasteiger partial charge >= 0.3 is 11.9 Å². The molecule has 3 aromatic rings. The number of carbonyl (C=O) groups excluding carboxylic acids is 2. The smallest absolute Gasteiger partial charge is 0.338 e. The molecule has 0 N–H and O–H groups in total. The van der Waals surface area contributed by atoms with E-state index in [9.17, 15) is 14.4 Å². The second-order valence-corrected chi connectivity index (χ2v) is 9.73. The lowest BCUT2D eigenvalue weighted by Crippen LogP contribution is -2.40. The van der Waals surface area contributed by atoms with E-state index >= 15 is 0 Å². The Kier molecular flexibility index (Phi) is 8.65. The van der Waals surface area contributed by atoms with Gasteiger partial charge in [0.05, 0.1) is 42.2 Å². The Bertz CT molecular complexity index is 1600. The number of ether oxygens (including phenoxy) is 4. The van der Waals surface area contributed by atoms with Crippen LogP contribution in [0.5, 0.6) is 17.2 Å². The first-order valence-corrected chi connectivity index (χ1v) is 13.4. The van der Waals surface area contributed by atoms with E-state index in [4.69, 9.17) is 18.9 Å². The molecule has 1 aromatic heterocycles. The number of aromatic nitrogens is 1. The third-order valence-corrected chi connectivity index (χ3v) is 6.91. The molecular formula is C29H30N2O7S. The van der Waals surface area contributed by atoms with Gasteiger partial charge in [0, 0.05) is 6.92 Å². The molecule has 10 heteroatoms. The van der Waals surface area contributed by atoms with Crippen molar-refractivity contribution >= 4 is 29.4 Å². The monoisotopic (exact) mass is 550 g/mol. The van der Waals surface area contributed by atoms with Crippen molar-refractivity contribution < 1.29 is 28.5 Å². The number of rotatable bonds is 9. The van der Waals surface area contributed by atoms with E-state index in [1.807, 2.05) is 31.2 Å². The predicted molar refractivity (Wildman–Crippen MR) is 147 cm³/mol. The molecule has 1 unspecified atom stereocenters. The van der Waals surface area contributed by atoms with Gasteiger partial charge in [0.25, 0.3) is 5.56 Å². The van der Waals surface area contributed by atoms with E-state index in [1.165, 1.54) is 29.9 Å². The molecule has 1 aliphatic heterocycles. The van der Waals surface area contributed by atoms with Crippen LogP contribution in [-0.4, -0.2) is 36.8 Å². The summed E-state index contributed by atoms with van der Waals surface area (Å²) in [4.78, 5) is 43.5. The second-order valence-electron chi connectivity index (χ2n) is 8.72. The molecule has 0 saturated heterocycles. The lowest BCUT2D eigenvalue weighted by atomic mass is 9.95. The number of esters is 2. The van der Waals surface area contributed by atoms with Gasteiger partial charge in [-0.05, 0) is 61.7 Å². The quantitative estimate of drug-likeness (QED) is 0.297. The maximum Gasteiger partial charge on any atom is 0.338 e. The van der Waals surface area contributed by atoms with E-state index in [2.05, 4.69) is 4.99 Å². The number of fused-ring (bicyclic) bond motifs is 1. The van der Waals surface area contributed by atoms with Gasteiger partial charge in [-0.3, -0.25) is 14.2 Å². The van der Waals surface area contributed by atoms with Crippen LogP contribution in [0.25, 0.3) is 6.08 Å². The molecule has 2 heterocycles. The zero-order chi connectivity index (χ0) is 28.1. The number of methoxy groups -OCH3 is 1. The van der Waals surface area contributed by atoms with Gasteiger partial charge in [0.15, 0.2) is 16.3 Å². The van der Waals surface area contributed by atoms with Crippen molar-refractivity contribution in [2.45, 2.75) is 40.2 Å². The van der Waals surface area contributed by atoms with Gasteiger partial charge < -0.3 is 18.9 Å². The van der Waals surface area contributed by atoms with Crippen molar-refractivity contribution in [1.29, 1.82) is 0 Å². The van der Waals surface area contributed by atoms with Crippen LogP contribution in [0.1, 0.15) is 51.3 Å². The summed E-state index contributed by atoms with van der Waals surface area (Å²) in [5, 5.41) is 0. The van der Waals surface area contributed by atoms with Gasteiger partial charge in [0.1, 0.15) is 5.75 Å². The fraction of sp³-hybridized carbons (Fsp3) is 0.310. The Morgan fingerprint density at radius 3 is 2.49 bits per heavy atom. The number of benzene rings is 2. The van der Waals surface area contributed by atoms with Gasteiger partial charge in [-0.15, -0.1) is 0 Å². The van der Waals surface area contributed by atoms with Crippen LogP contribution in [0.2, 0.25) is 0 Å². The molecule has 0 radical (unpaired) electrons. The molecule has 0 spiro atoms. The van der Waals surface area contributed by atoms with Crippen molar-refractivity contribution in [3.05, 3.63) is 84.5 Å². The number of hydrogen-bond donors (Lipinski definition) is 0. The minimum absolute atomic E-state index is 0.166. The summed E-state index contributed by atoms with van der Waals surface area (Å²) in [6, 6.07) is 11.6. The Morgan fingerprint density at radius 2 is 1.85 bits per heavy atom. The summed E-state index contributed by atoms with van der Waals surface area (Å²) in [5.41, 5.74) is 1.80. The van der Waals surface area contributed by atoms with E-state index in [1.54, 1.807) is 38.1 Å². The van der Waals surface area contributed by atoms with Gasteiger partial charge in [-0.25, -0.2) is 9.79 Å². The molecule has 1 atom stereocenters. The van der Waals surface area contributed by atoms with E-state index < -0.39 is 18.0 Å². The number of hydrogen-bond acceptors (Lipinski definition) is 9. The van der Waals surface area contributed by atoms with E-state index in [0.29, 0.717) is 27.2 Å². The molecule has 0 bridgehead atoms. The van der Waals surface area contributed by atoms with Crippen molar-refractivity contribution in [2.75, 3.05) is 20.3 Å². The van der Waals surface area contributed by atoms with Crippen LogP contribution in [0.3, 0.4) is 0 Å². The summed E-state index contributed by atoms with van der Waals surface area (Å²) < 4.78 is 23.6. The molecule has 0 fully saturated rings. The van der Waals surface area contributed by atoms with Crippen LogP contribution < -0.4 is 29.1 Å². The second kappa shape index (κ2) is 12.1. The highest BCUT2D eigenvalue weighted by Gasteiger charge is 2.34. The highest BCUT2D eigenvalue weighted by molar-refractivity contribution is 7.07. The third-order valence-electron chi connectivity index (χ3n) is 5.92. The van der Waals surface area contributed by atoms with Crippen molar-refractivity contribution in [3.8, 4) is 17.2 Å². The molecule has 1 aliphatic rings. The fourth-order valence-corrected chi connectivity index (χ4v) is 5.28. The molecule has 0 amide bonds. The average Bonchev–Trinajstić information content (AvgIpc) is 3.21. The standard InChI is InChI=1S/C29H30N2O7S/c1-6-14-37-21-11-8-19(9-12-21)15-24-27(33)31-26(20-10-13-22(38-18(4)32)23(16-20)35-5)25(28(34)36-7-2)17(3)30-29(31)39-24/h8-13,15-16,26H,6-7,14H2,1-5H3/b24-15+. The number of nitrogens with zero attached hydrogens (tertiary/aromatic N) is 2. The number of allylic oxidation sites excluding steroid dienone is 1. The minimum atomic E-state index is -0.826. The first kappa shape index (κ1) is 27.8. The molecule has 0 aliphatic carbocycles. The maximum absolute atomic E-state index is 13.8. The van der Waals surface area contributed by atoms with Crippen LogP contribution >= 0.6 is 11.3 Å². The lowest BCUT2D eigenvalue weighted by Gasteiger charge is -2.25. The molecular weight excluding hydrogens is 520 g/mol. The zero-order valence-electron chi connectivity index (χ0n) is 22.5. The largest absolute Gasteiger partial charge is 0.494 e. The summed E-state index contributed by atoms with van der Waals surface area (Å²) in [5.74, 6) is 0.209. The molecule has 4 rings (SSSR count). The average molecular weight is 551 g/mol. The summed E-state index contributed by atoms with van der Waals surface area (Å²) in [6.07, 6.45) is 2.70. The highest BCUT2D eigenvalue weighted by Crippen LogP contribution is 2.36. The summed E-state index contributed by atoms with van der Waals surface area (Å²) >= 11 is 1.24. The van der Waals surface area contributed by atoms with Crippen molar-refractivity contribution in [1.82, 2.24) is 4.57 Å². The molecule has 0 saturated carbocycles.